The maximum atomic E-state index is 5.93. The number of anilines is 1. The molecule has 3 nitrogen and oxygen atoms in total. The first-order chi connectivity index (χ1) is 8.33. The number of hydrogen-bond donors (Lipinski definition) is 1. The van der Waals surface area contributed by atoms with E-state index in [0.717, 1.165) is 37.4 Å². The summed E-state index contributed by atoms with van der Waals surface area (Å²) in [6.45, 7) is 2.97. The van der Waals surface area contributed by atoms with Gasteiger partial charge in [0.2, 0.25) is 0 Å². The minimum atomic E-state index is 0.795. The van der Waals surface area contributed by atoms with Crippen LogP contribution in [0.3, 0.4) is 0 Å². The quantitative estimate of drug-likeness (QED) is 0.882. The average molecular weight is 245 g/mol. The number of fused-ring (bicyclic) bond motifs is 1. The standard InChI is InChI=1S/C13H15N3S/c14-11-2-1-5-15-12(11)9-16-6-3-13-10(8-16)4-7-17-13/h1-2,4-5,7H,3,6,8-9,14H2. The Labute approximate surface area is 105 Å². The lowest BCUT2D eigenvalue weighted by atomic mass is 10.1. The van der Waals surface area contributed by atoms with Gasteiger partial charge in [0.05, 0.1) is 11.4 Å². The molecule has 0 saturated heterocycles. The van der Waals surface area contributed by atoms with Crippen LogP contribution in [0.1, 0.15) is 16.1 Å². The van der Waals surface area contributed by atoms with Gasteiger partial charge in [0.1, 0.15) is 0 Å². The molecule has 3 heterocycles. The summed E-state index contributed by atoms with van der Waals surface area (Å²) >= 11 is 1.87. The number of nitrogens with two attached hydrogens (primary N) is 1. The van der Waals surface area contributed by atoms with Crippen LogP contribution in [0.25, 0.3) is 0 Å². The summed E-state index contributed by atoms with van der Waals surface area (Å²) in [4.78, 5) is 8.30. The summed E-state index contributed by atoms with van der Waals surface area (Å²) in [5.41, 5.74) is 9.18. The molecule has 0 aromatic carbocycles. The van der Waals surface area contributed by atoms with E-state index in [-0.39, 0.29) is 0 Å². The van der Waals surface area contributed by atoms with Crippen LogP contribution in [0, 0.1) is 0 Å². The molecular weight excluding hydrogens is 230 g/mol. The molecule has 0 aliphatic carbocycles. The number of nitrogens with zero attached hydrogens (tertiary/aromatic N) is 2. The number of nitrogen functional groups attached to an aromatic ring is 1. The predicted molar refractivity (Wildman–Crippen MR) is 70.8 cm³/mol. The molecule has 17 heavy (non-hydrogen) atoms. The molecular formula is C13H15N3S. The van der Waals surface area contributed by atoms with Crippen LogP contribution in [0.4, 0.5) is 5.69 Å². The lowest BCUT2D eigenvalue weighted by molar-refractivity contribution is 0.245. The SMILES string of the molecule is Nc1cccnc1CN1CCc2sccc2C1. The fourth-order valence-electron chi connectivity index (χ4n) is 2.24. The highest BCUT2D eigenvalue weighted by Gasteiger charge is 2.18. The zero-order valence-electron chi connectivity index (χ0n) is 9.60. The third kappa shape index (κ3) is 2.18. The molecule has 0 atom stereocenters. The minimum absolute atomic E-state index is 0.795. The highest BCUT2D eigenvalue weighted by atomic mass is 32.1. The van der Waals surface area contributed by atoms with Crippen molar-refractivity contribution in [2.24, 2.45) is 0 Å². The Kier molecular flexibility index (Phi) is 2.82. The first kappa shape index (κ1) is 10.7. The number of hydrogen-bond acceptors (Lipinski definition) is 4. The molecule has 0 amide bonds. The molecule has 0 saturated carbocycles. The van der Waals surface area contributed by atoms with Crippen molar-refractivity contribution < 1.29 is 0 Å². The number of aromatic nitrogens is 1. The van der Waals surface area contributed by atoms with Gasteiger partial charge in [-0.1, -0.05) is 0 Å². The topological polar surface area (TPSA) is 42.1 Å². The van der Waals surface area contributed by atoms with Gasteiger partial charge < -0.3 is 5.73 Å². The Morgan fingerprint density at radius 3 is 3.24 bits per heavy atom. The Bertz CT molecular complexity index is 521. The van der Waals surface area contributed by atoms with E-state index in [1.807, 2.05) is 29.7 Å². The van der Waals surface area contributed by atoms with Crippen molar-refractivity contribution in [3.05, 3.63) is 45.9 Å². The second kappa shape index (κ2) is 4.47. The number of rotatable bonds is 2. The minimum Gasteiger partial charge on any atom is -0.397 e. The Morgan fingerprint density at radius 1 is 1.41 bits per heavy atom. The molecule has 0 spiro atoms. The molecule has 88 valence electrons. The van der Waals surface area contributed by atoms with Gasteiger partial charge in [-0.25, -0.2) is 0 Å². The monoisotopic (exact) mass is 245 g/mol. The second-order valence-corrected chi connectivity index (χ2v) is 5.37. The van der Waals surface area contributed by atoms with Crippen LogP contribution in [0.2, 0.25) is 0 Å². The average Bonchev–Trinajstić information content (AvgIpc) is 2.79. The van der Waals surface area contributed by atoms with Crippen molar-refractivity contribution in [2.75, 3.05) is 12.3 Å². The number of thiophene rings is 1. The van der Waals surface area contributed by atoms with Crippen LogP contribution in [0.5, 0.6) is 0 Å². The maximum Gasteiger partial charge on any atom is 0.0772 e. The van der Waals surface area contributed by atoms with E-state index in [4.69, 9.17) is 5.73 Å². The maximum absolute atomic E-state index is 5.93. The summed E-state index contributed by atoms with van der Waals surface area (Å²) in [6, 6.07) is 6.03. The van der Waals surface area contributed by atoms with Crippen molar-refractivity contribution in [1.82, 2.24) is 9.88 Å². The zero-order chi connectivity index (χ0) is 11.7. The van der Waals surface area contributed by atoms with Crippen LogP contribution >= 0.6 is 11.3 Å². The highest BCUT2D eigenvalue weighted by Crippen LogP contribution is 2.25. The molecule has 0 unspecified atom stereocenters. The fraction of sp³-hybridized carbons (Fsp3) is 0.308. The summed E-state index contributed by atoms with van der Waals surface area (Å²) < 4.78 is 0. The Balaban J connectivity index is 1.74. The summed E-state index contributed by atoms with van der Waals surface area (Å²) in [6.07, 6.45) is 2.96. The lowest BCUT2D eigenvalue weighted by Gasteiger charge is -2.26. The normalized spacial score (nSPS) is 15.8. The van der Waals surface area contributed by atoms with E-state index in [2.05, 4.69) is 21.3 Å². The van der Waals surface area contributed by atoms with Crippen LogP contribution in [-0.4, -0.2) is 16.4 Å². The third-order valence-electron chi connectivity index (χ3n) is 3.19. The van der Waals surface area contributed by atoms with Crippen LogP contribution in [-0.2, 0) is 19.5 Å². The van der Waals surface area contributed by atoms with E-state index in [1.165, 1.54) is 10.4 Å². The molecule has 1 aliphatic heterocycles. The van der Waals surface area contributed by atoms with Crippen molar-refractivity contribution >= 4 is 17.0 Å². The molecule has 4 heteroatoms. The highest BCUT2D eigenvalue weighted by molar-refractivity contribution is 7.10. The first-order valence-corrected chi connectivity index (χ1v) is 6.68. The van der Waals surface area contributed by atoms with E-state index < -0.39 is 0 Å². The van der Waals surface area contributed by atoms with E-state index in [0.29, 0.717) is 0 Å². The van der Waals surface area contributed by atoms with Gasteiger partial charge >= 0.3 is 0 Å². The van der Waals surface area contributed by atoms with Gasteiger partial charge in [-0.2, -0.15) is 0 Å². The van der Waals surface area contributed by atoms with Crippen molar-refractivity contribution in [2.45, 2.75) is 19.5 Å². The molecule has 2 aromatic rings. The predicted octanol–water partition coefficient (Wildman–Crippen LogP) is 2.28. The molecule has 1 aliphatic rings. The zero-order valence-corrected chi connectivity index (χ0v) is 10.4. The van der Waals surface area contributed by atoms with Crippen molar-refractivity contribution in [3.63, 3.8) is 0 Å². The Hall–Kier alpha value is -1.39. The van der Waals surface area contributed by atoms with Gasteiger partial charge in [-0.3, -0.25) is 9.88 Å². The largest absolute Gasteiger partial charge is 0.397 e. The molecule has 2 N–H and O–H groups in total. The van der Waals surface area contributed by atoms with Crippen molar-refractivity contribution in [3.8, 4) is 0 Å². The lowest BCUT2D eigenvalue weighted by Crippen LogP contribution is -2.29. The molecule has 3 rings (SSSR count). The molecule has 0 fully saturated rings. The molecule has 2 aromatic heterocycles. The summed E-state index contributed by atoms with van der Waals surface area (Å²) in [7, 11) is 0. The second-order valence-electron chi connectivity index (χ2n) is 4.37. The number of pyridine rings is 1. The fourth-order valence-corrected chi connectivity index (χ4v) is 3.13. The smallest absolute Gasteiger partial charge is 0.0772 e. The van der Waals surface area contributed by atoms with Gasteiger partial charge in [0, 0.05) is 30.7 Å². The van der Waals surface area contributed by atoms with Crippen LogP contribution < -0.4 is 5.73 Å². The van der Waals surface area contributed by atoms with E-state index in [9.17, 15) is 0 Å². The third-order valence-corrected chi connectivity index (χ3v) is 4.21. The van der Waals surface area contributed by atoms with Gasteiger partial charge in [0.15, 0.2) is 0 Å². The van der Waals surface area contributed by atoms with Crippen molar-refractivity contribution in [1.29, 1.82) is 0 Å². The van der Waals surface area contributed by atoms with Gasteiger partial charge in [-0.15, -0.1) is 11.3 Å². The molecule has 0 radical (unpaired) electrons. The summed E-state index contributed by atoms with van der Waals surface area (Å²) in [5, 5.41) is 2.18. The van der Waals surface area contributed by atoms with E-state index >= 15 is 0 Å². The van der Waals surface area contributed by atoms with Crippen LogP contribution in [0.15, 0.2) is 29.8 Å². The van der Waals surface area contributed by atoms with E-state index in [1.54, 1.807) is 0 Å². The Morgan fingerprint density at radius 2 is 2.35 bits per heavy atom. The molecule has 0 bridgehead atoms. The first-order valence-electron chi connectivity index (χ1n) is 5.80. The summed E-state index contributed by atoms with van der Waals surface area (Å²) in [5.74, 6) is 0. The van der Waals surface area contributed by atoms with Gasteiger partial charge in [0.25, 0.3) is 0 Å². The van der Waals surface area contributed by atoms with Gasteiger partial charge in [-0.05, 0) is 35.6 Å².